The van der Waals surface area contributed by atoms with Crippen LogP contribution in [0, 0.1) is 5.92 Å². The maximum Gasteiger partial charge on any atom is 0.125 e. The van der Waals surface area contributed by atoms with E-state index in [0.29, 0.717) is 0 Å². The number of aliphatic hydroxyl groups is 1. The number of carbonyl (C=O) groups is 1. The highest BCUT2D eigenvalue weighted by Gasteiger charge is 2.15. The van der Waals surface area contributed by atoms with Gasteiger partial charge in [-0.25, -0.2) is 0 Å². The Kier molecular flexibility index (Phi) is 8.95. The minimum atomic E-state index is -0.417. The molecule has 0 aromatic rings. The van der Waals surface area contributed by atoms with E-state index in [0.717, 1.165) is 25.5 Å². The minimum Gasteiger partial charge on any atom is -0.392 e. The Morgan fingerprint density at radius 3 is 2.29 bits per heavy atom. The van der Waals surface area contributed by atoms with E-state index in [4.69, 9.17) is 0 Å². The molecule has 0 aliphatic rings. The van der Waals surface area contributed by atoms with Gasteiger partial charge in [-0.3, -0.25) is 0 Å². The summed E-state index contributed by atoms with van der Waals surface area (Å²) in [6.45, 7) is 4.13. The van der Waals surface area contributed by atoms with Crippen molar-refractivity contribution < 1.29 is 9.90 Å². The van der Waals surface area contributed by atoms with Crippen molar-refractivity contribution in [1.82, 2.24) is 0 Å². The van der Waals surface area contributed by atoms with Gasteiger partial charge in [0.2, 0.25) is 0 Å². The lowest BCUT2D eigenvalue weighted by Gasteiger charge is -2.15. The van der Waals surface area contributed by atoms with Gasteiger partial charge in [0.15, 0.2) is 0 Å². The fraction of sp³-hybridized carbons (Fsp3) is 0.917. The van der Waals surface area contributed by atoms with Crippen LogP contribution in [0.25, 0.3) is 0 Å². The molecular formula is C12H24O2. The van der Waals surface area contributed by atoms with E-state index < -0.39 is 6.10 Å². The lowest BCUT2D eigenvalue weighted by atomic mass is 9.96. The van der Waals surface area contributed by atoms with E-state index in [9.17, 15) is 9.90 Å². The van der Waals surface area contributed by atoms with E-state index in [1.807, 2.05) is 6.92 Å². The topological polar surface area (TPSA) is 37.3 Å². The van der Waals surface area contributed by atoms with Crippen molar-refractivity contribution in [3.8, 4) is 0 Å². The first kappa shape index (κ1) is 13.6. The van der Waals surface area contributed by atoms with E-state index in [1.165, 1.54) is 25.7 Å². The third-order valence-corrected chi connectivity index (χ3v) is 2.74. The van der Waals surface area contributed by atoms with Gasteiger partial charge in [0.05, 0.1) is 6.10 Å². The van der Waals surface area contributed by atoms with Crippen LogP contribution in [0.15, 0.2) is 0 Å². The third-order valence-electron chi connectivity index (χ3n) is 2.74. The lowest BCUT2D eigenvalue weighted by molar-refractivity contribution is -0.114. The molecule has 0 bridgehead atoms. The number of hydrogen-bond donors (Lipinski definition) is 1. The van der Waals surface area contributed by atoms with Crippen molar-refractivity contribution in [2.45, 2.75) is 64.9 Å². The van der Waals surface area contributed by atoms with Crippen LogP contribution < -0.4 is 0 Å². The number of aliphatic hydroxyl groups excluding tert-OH is 1. The van der Waals surface area contributed by atoms with Gasteiger partial charge in [0.25, 0.3) is 0 Å². The van der Waals surface area contributed by atoms with Crippen LogP contribution >= 0.6 is 0 Å². The van der Waals surface area contributed by atoms with Crippen molar-refractivity contribution in [2.75, 3.05) is 0 Å². The number of carbonyl (C=O) groups excluding carboxylic acids is 1. The van der Waals surface area contributed by atoms with Crippen LogP contribution in [0.2, 0.25) is 0 Å². The van der Waals surface area contributed by atoms with Gasteiger partial charge >= 0.3 is 0 Å². The second-order valence-corrected chi connectivity index (χ2v) is 3.98. The van der Waals surface area contributed by atoms with Crippen LogP contribution in [0.3, 0.4) is 0 Å². The van der Waals surface area contributed by atoms with Crippen LogP contribution in [-0.2, 0) is 4.79 Å². The summed E-state index contributed by atoms with van der Waals surface area (Å²) in [7, 11) is 0. The molecule has 2 nitrogen and oxygen atoms in total. The molecule has 0 saturated heterocycles. The standard InChI is InChI=1S/C12H24O2/c1-3-5-6-7-8-9-12(14)11(4-2)10-13/h10-12,14H,3-9H2,1-2H3. The number of aldehydes is 1. The normalized spacial score (nSPS) is 15.1. The molecule has 0 rings (SSSR count). The Hall–Kier alpha value is -0.370. The fourth-order valence-electron chi connectivity index (χ4n) is 1.63. The van der Waals surface area contributed by atoms with Gasteiger partial charge in [-0.15, -0.1) is 0 Å². The van der Waals surface area contributed by atoms with Gasteiger partial charge in [-0.2, -0.15) is 0 Å². The number of unbranched alkanes of at least 4 members (excludes halogenated alkanes) is 4. The summed E-state index contributed by atoms with van der Waals surface area (Å²) in [6, 6.07) is 0. The zero-order chi connectivity index (χ0) is 10.8. The molecule has 84 valence electrons. The van der Waals surface area contributed by atoms with Crippen molar-refractivity contribution in [1.29, 1.82) is 0 Å². The molecule has 2 heteroatoms. The van der Waals surface area contributed by atoms with E-state index in [1.54, 1.807) is 0 Å². The predicted octanol–water partition coefficient (Wildman–Crippen LogP) is 2.93. The van der Waals surface area contributed by atoms with Gasteiger partial charge in [0.1, 0.15) is 6.29 Å². The van der Waals surface area contributed by atoms with E-state index in [2.05, 4.69) is 6.92 Å². The molecule has 1 N–H and O–H groups in total. The molecule has 0 aliphatic carbocycles. The first-order chi connectivity index (χ1) is 6.76. The first-order valence-corrected chi connectivity index (χ1v) is 5.89. The third kappa shape index (κ3) is 6.14. The molecule has 0 fully saturated rings. The highest BCUT2D eigenvalue weighted by Crippen LogP contribution is 2.14. The smallest absolute Gasteiger partial charge is 0.125 e. The van der Waals surface area contributed by atoms with Crippen molar-refractivity contribution in [3.63, 3.8) is 0 Å². The SMILES string of the molecule is CCCCCCCC(O)C(C=O)CC. The average Bonchev–Trinajstić information content (AvgIpc) is 2.19. The van der Waals surface area contributed by atoms with Gasteiger partial charge in [-0.05, 0) is 12.8 Å². The average molecular weight is 200 g/mol. The molecule has 2 unspecified atom stereocenters. The second kappa shape index (κ2) is 9.20. The largest absolute Gasteiger partial charge is 0.392 e. The molecule has 0 aromatic carbocycles. The zero-order valence-corrected chi connectivity index (χ0v) is 9.54. The summed E-state index contributed by atoms with van der Waals surface area (Å²) < 4.78 is 0. The number of hydrogen-bond acceptors (Lipinski definition) is 2. The molecule has 0 spiro atoms. The Balaban J connectivity index is 3.42. The van der Waals surface area contributed by atoms with Crippen LogP contribution in [0.4, 0.5) is 0 Å². The van der Waals surface area contributed by atoms with E-state index >= 15 is 0 Å². The summed E-state index contributed by atoms with van der Waals surface area (Å²) >= 11 is 0. The highest BCUT2D eigenvalue weighted by molar-refractivity contribution is 5.54. The molecule has 14 heavy (non-hydrogen) atoms. The van der Waals surface area contributed by atoms with Crippen molar-refractivity contribution >= 4 is 6.29 Å². The summed E-state index contributed by atoms with van der Waals surface area (Å²) in [5.74, 6) is -0.152. The monoisotopic (exact) mass is 200 g/mol. The molecule has 0 amide bonds. The maximum absolute atomic E-state index is 10.6. The molecular weight excluding hydrogens is 176 g/mol. The molecule has 0 radical (unpaired) electrons. The van der Waals surface area contributed by atoms with Crippen LogP contribution in [-0.4, -0.2) is 17.5 Å². The molecule has 0 aliphatic heterocycles. The number of rotatable bonds is 9. The van der Waals surface area contributed by atoms with Gasteiger partial charge in [0, 0.05) is 5.92 Å². The zero-order valence-electron chi connectivity index (χ0n) is 9.54. The molecule has 0 saturated carbocycles. The Morgan fingerprint density at radius 2 is 1.79 bits per heavy atom. The van der Waals surface area contributed by atoms with Crippen LogP contribution in [0.5, 0.6) is 0 Å². The molecule has 2 atom stereocenters. The lowest BCUT2D eigenvalue weighted by Crippen LogP contribution is -2.20. The quantitative estimate of drug-likeness (QED) is 0.459. The van der Waals surface area contributed by atoms with Crippen molar-refractivity contribution in [3.05, 3.63) is 0 Å². The molecule has 0 heterocycles. The summed E-state index contributed by atoms with van der Waals surface area (Å²) in [5.41, 5.74) is 0. The second-order valence-electron chi connectivity index (χ2n) is 3.98. The molecule has 0 aromatic heterocycles. The highest BCUT2D eigenvalue weighted by atomic mass is 16.3. The van der Waals surface area contributed by atoms with Crippen molar-refractivity contribution in [2.24, 2.45) is 5.92 Å². The summed E-state index contributed by atoms with van der Waals surface area (Å²) in [6.07, 6.45) is 8.00. The Bertz CT molecular complexity index is 134. The van der Waals surface area contributed by atoms with Gasteiger partial charge < -0.3 is 9.90 Å². The predicted molar refractivity (Wildman–Crippen MR) is 59.2 cm³/mol. The Morgan fingerprint density at radius 1 is 1.14 bits per heavy atom. The van der Waals surface area contributed by atoms with Crippen LogP contribution in [0.1, 0.15) is 58.8 Å². The summed E-state index contributed by atoms with van der Waals surface area (Å²) in [4.78, 5) is 10.6. The Labute approximate surface area is 87.7 Å². The first-order valence-electron chi connectivity index (χ1n) is 5.89. The minimum absolute atomic E-state index is 0.152. The van der Waals surface area contributed by atoms with Gasteiger partial charge in [-0.1, -0.05) is 46.0 Å². The fourth-order valence-corrected chi connectivity index (χ4v) is 1.63. The summed E-state index contributed by atoms with van der Waals surface area (Å²) in [5, 5.41) is 9.63. The van der Waals surface area contributed by atoms with E-state index in [-0.39, 0.29) is 5.92 Å². The maximum atomic E-state index is 10.6.